The van der Waals surface area contributed by atoms with Crippen LogP contribution in [0.4, 0.5) is 0 Å². The van der Waals surface area contributed by atoms with Crippen LogP contribution in [-0.2, 0) is 9.47 Å². The fourth-order valence-corrected chi connectivity index (χ4v) is 1.23. The summed E-state index contributed by atoms with van der Waals surface area (Å²) in [5.41, 5.74) is -0.0725. The minimum Gasteiger partial charge on any atom is -0.380 e. The van der Waals surface area contributed by atoms with Crippen molar-refractivity contribution in [2.24, 2.45) is 0 Å². The summed E-state index contributed by atoms with van der Waals surface area (Å²) in [5.74, 6) is 0. The standard InChI is InChI=1S/C13H29NO2/c1-6-8-14-12(10-15-9-7-2)11-16-13(3,4)5/h12,14H,6-11H2,1-5H3. The Morgan fingerprint density at radius 3 is 2.25 bits per heavy atom. The fraction of sp³-hybridized carbons (Fsp3) is 1.00. The predicted octanol–water partition coefficient (Wildman–Crippen LogP) is 2.60. The van der Waals surface area contributed by atoms with E-state index in [9.17, 15) is 0 Å². The van der Waals surface area contributed by atoms with Gasteiger partial charge in [-0.2, -0.15) is 0 Å². The van der Waals surface area contributed by atoms with Crippen molar-refractivity contribution in [3.63, 3.8) is 0 Å². The lowest BCUT2D eigenvalue weighted by Crippen LogP contribution is -2.40. The van der Waals surface area contributed by atoms with Gasteiger partial charge in [-0.25, -0.2) is 0 Å². The molecule has 0 aromatic heterocycles. The van der Waals surface area contributed by atoms with Crippen LogP contribution >= 0.6 is 0 Å². The van der Waals surface area contributed by atoms with Gasteiger partial charge in [0.25, 0.3) is 0 Å². The molecule has 0 rings (SSSR count). The van der Waals surface area contributed by atoms with E-state index in [0.717, 1.165) is 32.6 Å². The van der Waals surface area contributed by atoms with Gasteiger partial charge >= 0.3 is 0 Å². The maximum Gasteiger partial charge on any atom is 0.0649 e. The van der Waals surface area contributed by atoms with E-state index in [1.807, 2.05) is 0 Å². The molecule has 0 saturated carbocycles. The van der Waals surface area contributed by atoms with Crippen LogP contribution in [0, 0.1) is 0 Å². The summed E-state index contributed by atoms with van der Waals surface area (Å²) in [6.45, 7) is 13.8. The Morgan fingerprint density at radius 1 is 1.06 bits per heavy atom. The summed E-state index contributed by atoms with van der Waals surface area (Å²) >= 11 is 0. The van der Waals surface area contributed by atoms with Gasteiger partial charge < -0.3 is 14.8 Å². The lowest BCUT2D eigenvalue weighted by atomic mass is 10.2. The van der Waals surface area contributed by atoms with Crippen molar-refractivity contribution in [3.8, 4) is 0 Å². The molecule has 0 aromatic rings. The van der Waals surface area contributed by atoms with E-state index in [-0.39, 0.29) is 5.60 Å². The van der Waals surface area contributed by atoms with E-state index >= 15 is 0 Å². The molecule has 3 heteroatoms. The maximum atomic E-state index is 5.78. The number of nitrogens with one attached hydrogen (secondary N) is 1. The summed E-state index contributed by atoms with van der Waals surface area (Å²) in [5, 5.41) is 3.45. The topological polar surface area (TPSA) is 30.5 Å². The first kappa shape index (κ1) is 15.9. The largest absolute Gasteiger partial charge is 0.380 e. The summed E-state index contributed by atoms with van der Waals surface area (Å²) in [6.07, 6.45) is 2.21. The van der Waals surface area contributed by atoms with Crippen molar-refractivity contribution >= 4 is 0 Å². The molecule has 0 aliphatic heterocycles. The molecule has 0 saturated heterocycles. The van der Waals surface area contributed by atoms with Crippen LogP contribution in [0.2, 0.25) is 0 Å². The van der Waals surface area contributed by atoms with Gasteiger partial charge in [-0.1, -0.05) is 13.8 Å². The van der Waals surface area contributed by atoms with Crippen LogP contribution < -0.4 is 5.32 Å². The highest BCUT2D eigenvalue weighted by Crippen LogP contribution is 2.07. The minimum atomic E-state index is -0.0725. The first-order valence-corrected chi connectivity index (χ1v) is 6.44. The van der Waals surface area contributed by atoms with Crippen molar-refractivity contribution in [1.29, 1.82) is 0 Å². The quantitative estimate of drug-likeness (QED) is 0.619. The molecule has 3 nitrogen and oxygen atoms in total. The zero-order chi connectivity index (χ0) is 12.4. The molecule has 0 radical (unpaired) electrons. The van der Waals surface area contributed by atoms with Crippen LogP contribution in [-0.4, -0.2) is 38.0 Å². The minimum absolute atomic E-state index is 0.0725. The van der Waals surface area contributed by atoms with E-state index < -0.39 is 0 Å². The van der Waals surface area contributed by atoms with E-state index in [0.29, 0.717) is 12.6 Å². The van der Waals surface area contributed by atoms with Crippen LogP contribution in [0.3, 0.4) is 0 Å². The average molecular weight is 231 g/mol. The SMILES string of the molecule is CCCNC(COCCC)COC(C)(C)C. The molecule has 1 N–H and O–H groups in total. The van der Waals surface area contributed by atoms with Crippen molar-refractivity contribution in [3.05, 3.63) is 0 Å². The first-order chi connectivity index (χ1) is 7.49. The molecule has 0 bridgehead atoms. The molecule has 0 fully saturated rings. The highest BCUT2D eigenvalue weighted by Gasteiger charge is 2.14. The van der Waals surface area contributed by atoms with Crippen LogP contribution in [0.1, 0.15) is 47.5 Å². The Labute approximate surface area is 101 Å². The van der Waals surface area contributed by atoms with Crippen LogP contribution in [0.5, 0.6) is 0 Å². The van der Waals surface area contributed by atoms with E-state index in [1.165, 1.54) is 0 Å². The molecule has 0 spiro atoms. The Hall–Kier alpha value is -0.120. The van der Waals surface area contributed by atoms with Gasteiger partial charge in [-0.3, -0.25) is 0 Å². The van der Waals surface area contributed by atoms with Gasteiger partial charge in [0.2, 0.25) is 0 Å². The normalized spacial score (nSPS) is 14.1. The van der Waals surface area contributed by atoms with Crippen LogP contribution in [0.25, 0.3) is 0 Å². The summed E-state index contributed by atoms with van der Waals surface area (Å²) in [4.78, 5) is 0. The zero-order valence-electron chi connectivity index (χ0n) is 11.6. The van der Waals surface area contributed by atoms with Gasteiger partial charge in [0.05, 0.1) is 24.9 Å². The van der Waals surface area contributed by atoms with Gasteiger partial charge in [0, 0.05) is 6.61 Å². The summed E-state index contributed by atoms with van der Waals surface area (Å²) in [7, 11) is 0. The second kappa shape index (κ2) is 8.97. The fourth-order valence-electron chi connectivity index (χ4n) is 1.23. The molecular weight excluding hydrogens is 202 g/mol. The van der Waals surface area contributed by atoms with Gasteiger partial charge in [-0.05, 0) is 40.2 Å². The second-order valence-corrected chi connectivity index (χ2v) is 5.15. The smallest absolute Gasteiger partial charge is 0.0649 e. The van der Waals surface area contributed by atoms with Crippen molar-refractivity contribution in [2.75, 3.05) is 26.4 Å². The number of rotatable bonds is 9. The molecule has 0 aliphatic rings. The summed E-state index contributed by atoms with van der Waals surface area (Å²) < 4.78 is 11.3. The number of hydrogen-bond donors (Lipinski definition) is 1. The molecule has 1 unspecified atom stereocenters. The van der Waals surface area contributed by atoms with Crippen LogP contribution in [0.15, 0.2) is 0 Å². The monoisotopic (exact) mass is 231 g/mol. The highest BCUT2D eigenvalue weighted by atomic mass is 16.5. The summed E-state index contributed by atoms with van der Waals surface area (Å²) in [6, 6.07) is 0.311. The maximum absolute atomic E-state index is 5.78. The average Bonchev–Trinajstić information content (AvgIpc) is 2.20. The molecule has 0 aliphatic carbocycles. The molecule has 0 amide bonds. The third-order valence-electron chi connectivity index (χ3n) is 2.07. The molecule has 16 heavy (non-hydrogen) atoms. The predicted molar refractivity (Wildman–Crippen MR) is 68.9 cm³/mol. The third kappa shape index (κ3) is 10.4. The Bertz CT molecular complexity index is 155. The Kier molecular flexibility index (Phi) is 8.90. The van der Waals surface area contributed by atoms with Crippen molar-refractivity contribution < 1.29 is 9.47 Å². The highest BCUT2D eigenvalue weighted by molar-refractivity contribution is 4.68. The van der Waals surface area contributed by atoms with E-state index in [4.69, 9.17) is 9.47 Å². The molecule has 0 heterocycles. The second-order valence-electron chi connectivity index (χ2n) is 5.15. The van der Waals surface area contributed by atoms with Gasteiger partial charge in [-0.15, -0.1) is 0 Å². The Morgan fingerprint density at radius 2 is 1.75 bits per heavy atom. The Balaban J connectivity index is 3.80. The zero-order valence-corrected chi connectivity index (χ0v) is 11.6. The van der Waals surface area contributed by atoms with E-state index in [1.54, 1.807) is 0 Å². The van der Waals surface area contributed by atoms with Gasteiger partial charge in [0.1, 0.15) is 0 Å². The number of ether oxygens (including phenoxy) is 2. The molecule has 1 atom stereocenters. The molecular formula is C13H29NO2. The van der Waals surface area contributed by atoms with Gasteiger partial charge in [0.15, 0.2) is 0 Å². The molecule has 98 valence electrons. The first-order valence-electron chi connectivity index (χ1n) is 6.44. The third-order valence-corrected chi connectivity index (χ3v) is 2.07. The van der Waals surface area contributed by atoms with Crippen molar-refractivity contribution in [1.82, 2.24) is 5.32 Å². The van der Waals surface area contributed by atoms with E-state index in [2.05, 4.69) is 39.9 Å². The van der Waals surface area contributed by atoms with Crippen molar-refractivity contribution in [2.45, 2.75) is 59.1 Å². The lowest BCUT2D eigenvalue weighted by Gasteiger charge is -2.25. The lowest BCUT2D eigenvalue weighted by molar-refractivity contribution is -0.0280. The molecule has 0 aromatic carbocycles. The number of hydrogen-bond acceptors (Lipinski definition) is 3.